The van der Waals surface area contributed by atoms with Crippen LogP contribution in [0.5, 0.6) is 0 Å². The summed E-state index contributed by atoms with van der Waals surface area (Å²) in [5.74, 6) is 2.59. The molecule has 2 N–H and O–H groups in total. The summed E-state index contributed by atoms with van der Waals surface area (Å²) in [6.07, 6.45) is 0.980. The minimum absolute atomic E-state index is 0.645. The number of benzene rings is 2. The molecule has 0 bridgehead atoms. The van der Waals surface area contributed by atoms with Crippen molar-refractivity contribution in [1.82, 2.24) is 9.97 Å². The van der Waals surface area contributed by atoms with E-state index in [4.69, 9.17) is 9.97 Å². The Bertz CT molecular complexity index is 923. The molecular weight excluding hydrogens is 328 g/mol. The minimum Gasteiger partial charge on any atom is -0.339 e. The first-order valence-electron chi connectivity index (χ1n) is 8.40. The normalized spacial score (nSPS) is 12.7. The number of hydrogen-bond donors (Lipinski definition) is 2. The van der Waals surface area contributed by atoms with E-state index in [1.54, 1.807) is 0 Å². The molecule has 25 heavy (non-hydrogen) atoms. The molecule has 3 aromatic rings. The minimum atomic E-state index is 0.645. The first-order valence-corrected chi connectivity index (χ1v) is 9.38. The molecule has 1 aromatic heterocycles. The molecule has 4 nitrogen and oxygen atoms in total. The topological polar surface area (TPSA) is 49.8 Å². The van der Waals surface area contributed by atoms with Crippen molar-refractivity contribution >= 4 is 34.9 Å². The van der Waals surface area contributed by atoms with Gasteiger partial charge in [-0.3, -0.25) is 0 Å². The standard InChI is InChI=1S/C20H20N4S/c1-13-7-3-5-9-15(13)21-19-18-17(11-12-25-18)23-20(24-19)22-16-10-6-4-8-14(16)2/h3-10H,11-12H2,1-2H3,(H2,21,22,23,24). The van der Waals surface area contributed by atoms with E-state index in [1.165, 1.54) is 16.0 Å². The summed E-state index contributed by atoms with van der Waals surface area (Å²) in [5.41, 5.74) is 5.61. The Hall–Kier alpha value is -2.53. The summed E-state index contributed by atoms with van der Waals surface area (Å²) in [4.78, 5) is 10.7. The summed E-state index contributed by atoms with van der Waals surface area (Å²) >= 11 is 1.82. The lowest BCUT2D eigenvalue weighted by Gasteiger charge is -2.14. The van der Waals surface area contributed by atoms with Crippen LogP contribution in [0.3, 0.4) is 0 Å². The Morgan fingerprint density at radius 3 is 2.16 bits per heavy atom. The highest BCUT2D eigenvalue weighted by Crippen LogP contribution is 2.38. The van der Waals surface area contributed by atoms with Crippen molar-refractivity contribution in [3.05, 3.63) is 65.4 Å². The van der Waals surface area contributed by atoms with Gasteiger partial charge in [0.1, 0.15) is 5.82 Å². The highest BCUT2D eigenvalue weighted by Gasteiger charge is 2.21. The zero-order valence-electron chi connectivity index (χ0n) is 14.3. The number of nitrogens with one attached hydrogen (secondary N) is 2. The number of aryl methyl sites for hydroxylation is 3. The third kappa shape index (κ3) is 3.33. The molecule has 0 unspecified atom stereocenters. The zero-order valence-corrected chi connectivity index (χ0v) is 15.2. The Balaban J connectivity index is 1.71. The van der Waals surface area contributed by atoms with Crippen molar-refractivity contribution < 1.29 is 0 Å². The Labute approximate surface area is 152 Å². The van der Waals surface area contributed by atoms with E-state index in [0.717, 1.165) is 35.1 Å². The number of aromatic nitrogens is 2. The fourth-order valence-electron chi connectivity index (χ4n) is 2.88. The average molecular weight is 348 g/mol. The molecule has 0 spiro atoms. The number of para-hydroxylation sites is 2. The molecule has 4 rings (SSSR count). The second kappa shape index (κ2) is 6.76. The SMILES string of the molecule is Cc1ccccc1Nc1nc2c(c(Nc3ccccc3C)n1)SCC2. The van der Waals surface area contributed by atoms with Gasteiger partial charge in [0.05, 0.1) is 10.6 Å². The number of rotatable bonds is 4. The van der Waals surface area contributed by atoms with Crippen LogP contribution in [0.15, 0.2) is 53.4 Å². The van der Waals surface area contributed by atoms with Gasteiger partial charge in [-0.1, -0.05) is 36.4 Å². The number of thioether (sulfide) groups is 1. The van der Waals surface area contributed by atoms with Gasteiger partial charge in [-0.15, -0.1) is 11.8 Å². The fourth-order valence-corrected chi connectivity index (χ4v) is 3.93. The quantitative estimate of drug-likeness (QED) is 0.676. The van der Waals surface area contributed by atoms with Crippen LogP contribution in [0, 0.1) is 13.8 Å². The van der Waals surface area contributed by atoms with Crippen molar-refractivity contribution in [2.45, 2.75) is 25.2 Å². The summed E-state index contributed by atoms with van der Waals surface area (Å²) in [5, 5.41) is 6.87. The molecule has 2 aromatic carbocycles. The average Bonchev–Trinajstić information content (AvgIpc) is 3.08. The van der Waals surface area contributed by atoms with Crippen molar-refractivity contribution in [2.75, 3.05) is 16.4 Å². The van der Waals surface area contributed by atoms with Crippen LogP contribution in [0.1, 0.15) is 16.8 Å². The zero-order chi connectivity index (χ0) is 17.2. The van der Waals surface area contributed by atoms with Crippen LogP contribution in [0.25, 0.3) is 0 Å². The maximum absolute atomic E-state index is 4.76. The second-order valence-electron chi connectivity index (χ2n) is 6.15. The largest absolute Gasteiger partial charge is 0.339 e. The number of nitrogens with zero attached hydrogens (tertiary/aromatic N) is 2. The van der Waals surface area contributed by atoms with E-state index in [9.17, 15) is 0 Å². The van der Waals surface area contributed by atoms with Crippen LogP contribution in [0.2, 0.25) is 0 Å². The predicted molar refractivity (Wildman–Crippen MR) is 105 cm³/mol. The molecule has 0 fully saturated rings. The first-order chi connectivity index (χ1) is 12.2. The van der Waals surface area contributed by atoms with Crippen LogP contribution in [0.4, 0.5) is 23.1 Å². The van der Waals surface area contributed by atoms with Crippen LogP contribution < -0.4 is 10.6 Å². The molecule has 0 atom stereocenters. The van der Waals surface area contributed by atoms with E-state index in [2.05, 4.69) is 48.7 Å². The van der Waals surface area contributed by atoms with E-state index in [-0.39, 0.29) is 0 Å². The molecule has 5 heteroatoms. The molecule has 0 saturated carbocycles. The van der Waals surface area contributed by atoms with Crippen LogP contribution in [-0.2, 0) is 6.42 Å². The Morgan fingerprint density at radius 2 is 1.48 bits per heavy atom. The van der Waals surface area contributed by atoms with Gasteiger partial charge in [0, 0.05) is 23.5 Å². The number of anilines is 4. The molecule has 126 valence electrons. The Kier molecular flexibility index (Phi) is 4.32. The van der Waals surface area contributed by atoms with E-state index < -0.39 is 0 Å². The number of fused-ring (bicyclic) bond motifs is 1. The Morgan fingerprint density at radius 1 is 0.840 bits per heavy atom. The molecule has 1 aliphatic heterocycles. The van der Waals surface area contributed by atoms with Crippen molar-refractivity contribution in [3.8, 4) is 0 Å². The van der Waals surface area contributed by atoms with E-state index >= 15 is 0 Å². The smallest absolute Gasteiger partial charge is 0.229 e. The van der Waals surface area contributed by atoms with Gasteiger partial charge in [0.15, 0.2) is 0 Å². The molecule has 0 radical (unpaired) electrons. The first kappa shape index (κ1) is 16.0. The van der Waals surface area contributed by atoms with Gasteiger partial charge >= 0.3 is 0 Å². The maximum atomic E-state index is 4.76. The summed E-state index contributed by atoms with van der Waals surface area (Å²) in [6, 6.07) is 16.5. The van der Waals surface area contributed by atoms with Gasteiger partial charge < -0.3 is 10.6 Å². The highest BCUT2D eigenvalue weighted by atomic mass is 32.2. The van der Waals surface area contributed by atoms with Crippen molar-refractivity contribution in [1.29, 1.82) is 0 Å². The molecule has 0 aliphatic carbocycles. The van der Waals surface area contributed by atoms with Crippen LogP contribution >= 0.6 is 11.8 Å². The summed E-state index contributed by atoms with van der Waals surface area (Å²) < 4.78 is 0. The van der Waals surface area contributed by atoms with Crippen molar-refractivity contribution in [2.24, 2.45) is 0 Å². The summed E-state index contributed by atoms with van der Waals surface area (Å²) in [6.45, 7) is 4.18. The molecule has 0 saturated heterocycles. The third-order valence-corrected chi connectivity index (χ3v) is 5.44. The van der Waals surface area contributed by atoms with Gasteiger partial charge in [-0.05, 0) is 37.1 Å². The molecule has 0 amide bonds. The van der Waals surface area contributed by atoms with Gasteiger partial charge in [0.2, 0.25) is 5.95 Å². The molecule has 1 aliphatic rings. The maximum Gasteiger partial charge on any atom is 0.229 e. The lowest BCUT2D eigenvalue weighted by Crippen LogP contribution is -2.05. The van der Waals surface area contributed by atoms with Crippen molar-refractivity contribution in [3.63, 3.8) is 0 Å². The van der Waals surface area contributed by atoms with Gasteiger partial charge in [0.25, 0.3) is 0 Å². The summed E-state index contributed by atoms with van der Waals surface area (Å²) in [7, 11) is 0. The lowest BCUT2D eigenvalue weighted by molar-refractivity contribution is 0.985. The third-order valence-electron chi connectivity index (χ3n) is 4.31. The van der Waals surface area contributed by atoms with E-state index in [0.29, 0.717) is 5.95 Å². The molecule has 2 heterocycles. The molecular formula is C20H20N4S. The predicted octanol–water partition coefficient (Wildman–Crippen LogP) is 5.23. The highest BCUT2D eigenvalue weighted by molar-refractivity contribution is 7.99. The number of hydrogen-bond acceptors (Lipinski definition) is 5. The van der Waals surface area contributed by atoms with Gasteiger partial charge in [-0.2, -0.15) is 4.98 Å². The van der Waals surface area contributed by atoms with Crippen LogP contribution in [-0.4, -0.2) is 15.7 Å². The van der Waals surface area contributed by atoms with Gasteiger partial charge in [-0.25, -0.2) is 4.98 Å². The monoisotopic (exact) mass is 348 g/mol. The fraction of sp³-hybridized carbons (Fsp3) is 0.200. The van der Waals surface area contributed by atoms with E-state index in [1.807, 2.05) is 36.0 Å². The second-order valence-corrected chi connectivity index (χ2v) is 7.26. The lowest BCUT2D eigenvalue weighted by atomic mass is 10.2.